The van der Waals surface area contributed by atoms with E-state index in [0.29, 0.717) is 22.2 Å². The largest absolute Gasteiger partial charge is 0.339 e. The summed E-state index contributed by atoms with van der Waals surface area (Å²) in [4.78, 5) is 12.8. The zero-order chi connectivity index (χ0) is 28.0. The van der Waals surface area contributed by atoms with Gasteiger partial charge in [0.1, 0.15) is 10.0 Å². The molecule has 1 aliphatic rings. The summed E-state index contributed by atoms with van der Waals surface area (Å²) >= 11 is 13.7. The molecule has 204 valence electrons. The van der Waals surface area contributed by atoms with Crippen LogP contribution >= 0.6 is 34.5 Å². The van der Waals surface area contributed by atoms with E-state index < -0.39 is 21.7 Å². The molecule has 1 N–H and O–H groups in total. The van der Waals surface area contributed by atoms with Gasteiger partial charge in [-0.2, -0.15) is 0 Å². The van der Waals surface area contributed by atoms with Crippen LogP contribution in [-0.4, -0.2) is 18.9 Å². The Balaban J connectivity index is 1.37. The molecule has 6 rings (SSSR count). The highest BCUT2D eigenvalue weighted by Gasteiger charge is 2.24. The number of amides is 1. The highest BCUT2D eigenvalue weighted by Crippen LogP contribution is 2.37. The lowest BCUT2D eigenvalue weighted by atomic mass is 9.95. The van der Waals surface area contributed by atoms with Crippen LogP contribution in [-0.2, 0) is 34.2 Å². The number of nitrogens with zero attached hydrogens (tertiary/aromatic N) is 1. The number of fused-ring (bicyclic) bond motifs is 4. The van der Waals surface area contributed by atoms with Crippen LogP contribution in [0.4, 0.5) is 4.39 Å². The van der Waals surface area contributed by atoms with Gasteiger partial charge < -0.3 is 4.57 Å². The minimum atomic E-state index is -4.07. The Kier molecular flexibility index (Phi) is 7.21. The van der Waals surface area contributed by atoms with Gasteiger partial charge in [0.2, 0.25) is 0 Å². The third-order valence-corrected chi connectivity index (χ3v) is 10.6. The monoisotopic (exact) mass is 612 g/mol. The molecular formula is C30H23Cl2FN2O3S2. The van der Waals surface area contributed by atoms with Gasteiger partial charge in [-0.15, -0.1) is 11.3 Å². The van der Waals surface area contributed by atoms with Gasteiger partial charge in [0, 0.05) is 44.0 Å². The Hall–Kier alpha value is -3.17. The Morgan fingerprint density at radius 1 is 1.05 bits per heavy atom. The van der Waals surface area contributed by atoms with Crippen LogP contribution in [0.3, 0.4) is 0 Å². The Morgan fingerprint density at radius 3 is 2.65 bits per heavy atom. The molecule has 5 aromatic rings. The molecule has 0 radical (unpaired) electrons. The van der Waals surface area contributed by atoms with E-state index in [1.807, 2.05) is 30.3 Å². The first-order valence-electron chi connectivity index (χ1n) is 12.7. The zero-order valence-corrected chi connectivity index (χ0v) is 24.2. The van der Waals surface area contributed by atoms with Gasteiger partial charge in [-0.05, 0) is 84.7 Å². The van der Waals surface area contributed by atoms with Crippen molar-refractivity contribution in [1.82, 2.24) is 9.29 Å². The van der Waals surface area contributed by atoms with Crippen molar-refractivity contribution in [2.45, 2.75) is 36.4 Å². The van der Waals surface area contributed by atoms with E-state index in [2.05, 4.69) is 9.29 Å². The quantitative estimate of drug-likeness (QED) is 0.199. The first-order chi connectivity index (χ1) is 19.2. The van der Waals surface area contributed by atoms with Crippen molar-refractivity contribution in [3.05, 3.63) is 105 Å². The number of sulfonamides is 1. The molecule has 0 fully saturated rings. The first-order valence-corrected chi connectivity index (χ1v) is 15.8. The van der Waals surface area contributed by atoms with Gasteiger partial charge in [0.15, 0.2) is 0 Å². The normalized spacial score (nSPS) is 13.8. The zero-order valence-electron chi connectivity index (χ0n) is 21.1. The second-order valence-corrected chi connectivity index (χ2v) is 13.6. The molecule has 2 aromatic heterocycles. The Labute approximate surface area is 244 Å². The minimum absolute atomic E-state index is 0.0463. The maximum absolute atomic E-state index is 14.9. The predicted molar refractivity (Wildman–Crippen MR) is 160 cm³/mol. The van der Waals surface area contributed by atoms with Crippen molar-refractivity contribution in [2.75, 3.05) is 0 Å². The van der Waals surface area contributed by atoms with Gasteiger partial charge in [-0.1, -0.05) is 47.5 Å². The second-order valence-electron chi connectivity index (χ2n) is 9.75. The average Bonchev–Trinajstić information content (AvgIpc) is 3.49. The number of hydrogen-bond acceptors (Lipinski definition) is 4. The van der Waals surface area contributed by atoms with Crippen LogP contribution in [0.5, 0.6) is 0 Å². The van der Waals surface area contributed by atoms with Crippen molar-refractivity contribution in [1.29, 1.82) is 0 Å². The molecule has 0 aliphatic heterocycles. The van der Waals surface area contributed by atoms with Crippen molar-refractivity contribution in [3.63, 3.8) is 0 Å². The van der Waals surface area contributed by atoms with E-state index in [9.17, 15) is 17.6 Å². The van der Waals surface area contributed by atoms with E-state index in [0.717, 1.165) is 80.9 Å². The molecular weight excluding hydrogens is 590 g/mol. The summed E-state index contributed by atoms with van der Waals surface area (Å²) in [5.74, 6) is -1.25. The molecule has 0 saturated heterocycles. The maximum Gasteiger partial charge on any atom is 0.273 e. The SMILES string of the molecule is O=C(/C=C/c1cc(F)cc2c3c(n(Cc4ccc(Cl)cc4Cl)c12)CCCC3)NS(=O)(=O)c1cc2ccccc2s1. The number of aromatic nitrogens is 1. The summed E-state index contributed by atoms with van der Waals surface area (Å²) in [6.45, 7) is 0.445. The van der Waals surface area contributed by atoms with Gasteiger partial charge in [-0.3, -0.25) is 4.79 Å². The fourth-order valence-corrected chi connectivity index (χ4v) is 8.17. The van der Waals surface area contributed by atoms with E-state index >= 15 is 0 Å². The molecule has 0 saturated carbocycles. The first kappa shape index (κ1) is 27.0. The summed E-state index contributed by atoms with van der Waals surface area (Å²) in [5, 5.41) is 2.64. The average molecular weight is 614 g/mol. The van der Waals surface area contributed by atoms with Crippen molar-refractivity contribution >= 4 is 77.5 Å². The molecule has 1 amide bonds. The van der Waals surface area contributed by atoms with Crippen LogP contribution in [0, 0.1) is 5.82 Å². The van der Waals surface area contributed by atoms with Gasteiger partial charge in [0.25, 0.3) is 15.9 Å². The number of rotatable bonds is 6. The number of aryl methyl sites for hydroxylation is 1. The molecule has 0 bridgehead atoms. The standard InChI is InChI=1S/C30H23Cl2FN2O3S2/c31-21-11-9-20(25(32)15-21)17-35-26-7-3-2-6-23(26)24-16-22(33)13-19(30(24)35)10-12-28(36)34-40(37,38)29-14-18-5-1-4-8-27(18)39-29/h1,4-5,8-16H,2-3,6-7,17H2,(H,34,36)/b12-10+. The van der Waals surface area contributed by atoms with E-state index in [4.69, 9.17) is 23.2 Å². The lowest BCUT2D eigenvalue weighted by Crippen LogP contribution is -2.28. The summed E-state index contributed by atoms with van der Waals surface area (Å²) in [6, 6.07) is 17.1. The summed E-state index contributed by atoms with van der Waals surface area (Å²) in [6.07, 6.45) is 6.29. The van der Waals surface area contributed by atoms with E-state index in [1.165, 1.54) is 24.3 Å². The Morgan fingerprint density at radius 2 is 1.85 bits per heavy atom. The van der Waals surface area contributed by atoms with E-state index in [1.54, 1.807) is 12.1 Å². The summed E-state index contributed by atoms with van der Waals surface area (Å²) in [5.41, 5.74) is 4.32. The van der Waals surface area contributed by atoms with Crippen LogP contribution in [0.2, 0.25) is 10.0 Å². The van der Waals surface area contributed by atoms with Crippen LogP contribution in [0.15, 0.2) is 70.9 Å². The Bertz CT molecular complexity index is 1910. The van der Waals surface area contributed by atoms with Crippen molar-refractivity contribution in [3.8, 4) is 0 Å². The number of benzene rings is 3. The molecule has 2 heterocycles. The number of carbonyl (C=O) groups is 1. The van der Waals surface area contributed by atoms with Crippen LogP contribution in [0.1, 0.15) is 35.2 Å². The lowest BCUT2D eigenvalue weighted by Gasteiger charge is -2.17. The maximum atomic E-state index is 14.9. The molecule has 0 unspecified atom stereocenters. The van der Waals surface area contributed by atoms with Gasteiger partial charge >= 0.3 is 0 Å². The number of nitrogens with one attached hydrogen (secondary N) is 1. The third-order valence-electron chi connectivity index (χ3n) is 7.12. The topological polar surface area (TPSA) is 68.2 Å². The number of halogens is 3. The molecule has 5 nitrogen and oxygen atoms in total. The number of carbonyl (C=O) groups excluding carboxylic acids is 1. The van der Waals surface area contributed by atoms with Crippen LogP contribution < -0.4 is 4.72 Å². The molecule has 0 atom stereocenters. The molecule has 3 aromatic carbocycles. The number of thiophene rings is 1. The van der Waals surface area contributed by atoms with E-state index in [-0.39, 0.29) is 4.21 Å². The fraction of sp³-hybridized carbons (Fsp3) is 0.167. The summed E-state index contributed by atoms with van der Waals surface area (Å²) < 4.78 is 45.7. The van der Waals surface area contributed by atoms with Gasteiger partial charge in [0.05, 0.1) is 5.52 Å². The second kappa shape index (κ2) is 10.7. The molecule has 40 heavy (non-hydrogen) atoms. The summed E-state index contributed by atoms with van der Waals surface area (Å²) in [7, 11) is -4.07. The lowest BCUT2D eigenvalue weighted by molar-refractivity contribution is -0.114. The van der Waals surface area contributed by atoms with Crippen molar-refractivity contribution < 1.29 is 17.6 Å². The minimum Gasteiger partial charge on any atom is -0.339 e. The highest BCUT2D eigenvalue weighted by atomic mass is 35.5. The number of hydrogen-bond donors (Lipinski definition) is 1. The molecule has 1 aliphatic carbocycles. The highest BCUT2D eigenvalue weighted by molar-refractivity contribution is 7.92. The van der Waals surface area contributed by atoms with Crippen LogP contribution in [0.25, 0.3) is 27.1 Å². The smallest absolute Gasteiger partial charge is 0.273 e. The predicted octanol–water partition coefficient (Wildman–Crippen LogP) is 7.75. The van der Waals surface area contributed by atoms with Crippen molar-refractivity contribution in [2.24, 2.45) is 0 Å². The molecule has 10 heteroatoms. The molecule has 0 spiro atoms. The third kappa shape index (κ3) is 5.17. The van der Waals surface area contributed by atoms with Gasteiger partial charge in [-0.25, -0.2) is 17.5 Å². The fourth-order valence-electron chi connectivity index (χ4n) is 5.36.